The summed E-state index contributed by atoms with van der Waals surface area (Å²) in [5, 5.41) is 4.19. The molecule has 8 heteroatoms. The zero-order valence-electron chi connectivity index (χ0n) is 12.5. The number of carbonyl (C=O) groups is 1. The molecule has 0 unspecified atom stereocenters. The molecule has 128 valence electrons. The van der Waals surface area contributed by atoms with Crippen molar-refractivity contribution in [2.45, 2.75) is 12.8 Å². The standard InChI is InChI=1S/C15H18ClN3O2.2ClH/c16-12-5-6-13(15-11(12)4-3-9-19-15)21-10-14(20)18-8-2-1-7-17;;/h3-6,9H,1-2,7-8,10,17H2,(H,18,20);2*1H. The number of amides is 1. The van der Waals surface area contributed by atoms with Gasteiger partial charge in [-0.05, 0) is 43.7 Å². The molecule has 1 aromatic carbocycles. The van der Waals surface area contributed by atoms with Crippen LogP contribution in [0.5, 0.6) is 5.75 Å². The van der Waals surface area contributed by atoms with E-state index < -0.39 is 0 Å². The number of nitrogens with one attached hydrogen (secondary N) is 1. The highest BCUT2D eigenvalue weighted by atomic mass is 35.5. The summed E-state index contributed by atoms with van der Waals surface area (Å²) >= 11 is 6.10. The van der Waals surface area contributed by atoms with Crippen molar-refractivity contribution in [3.8, 4) is 5.75 Å². The number of rotatable bonds is 7. The Kier molecular flexibility index (Phi) is 10.7. The lowest BCUT2D eigenvalue weighted by atomic mass is 10.2. The number of nitrogens with two attached hydrogens (primary N) is 1. The first-order valence-electron chi connectivity index (χ1n) is 6.85. The largest absolute Gasteiger partial charge is 0.481 e. The Labute approximate surface area is 152 Å². The van der Waals surface area contributed by atoms with Gasteiger partial charge in [0.05, 0.1) is 5.02 Å². The number of aromatic nitrogens is 1. The number of carbonyl (C=O) groups excluding carboxylic acids is 1. The molecule has 1 heterocycles. The van der Waals surface area contributed by atoms with Crippen LogP contribution < -0.4 is 15.8 Å². The topological polar surface area (TPSA) is 77.2 Å². The second-order valence-corrected chi connectivity index (χ2v) is 4.99. The fourth-order valence-corrected chi connectivity index (χ4v) is 2.14. The summed E-state index contributed by atoms with van der Waals surface area (Å²) in [7, 11) is 0. The van der Waals surface area contributed by atoms with Crippen LogP contribution in [0.4, 0.5) is 0 Å². The van der Waals surface area contributed by atoms with Crippen LogP contribution in [0.2, 0.25) is 5.02 Å². The molecule has 0 saturated carbocycles. The number of ether oxygens (including phenoxy) is 1. The number of nitrogens with zero attached hydrogens (tertiary/aromatic N) is 1. The number of unbranched alkanes of at least 4 members (excludes halogenated alkanes) is 1. The third-order valence-electron chi connectivity index (χ3n) is 2.99. The van der Waals surface area contributed by atoms with E-state index in [2.05, 4.69) is 10.3 Å². The molecule has 2 rings (SSSR count). The van der Waals surface area contributed by atoms with Crippen molar-refractivity contribution in [2.24, 2.45) is 5.73 Å². The Bertz CT molecular complexity index is 626. The van der Waals surface area contributed by atoms with E-state index in [1.165, 1.54) is 0 Å². The van der Waals surface area contributed by atoms with Crippen molar-refractivity contribution in [3.05, 3.63) is 35.5 Å². The summed E-state index contributed by atoms with van der Waals surface area (Å²) in [4.78, 5) is 15.9. The van der Waals surface area contributed by atoms with Crippen LogP contribution >= 0.6 is 36.4 Å². The molecule has 1 aromatic heterocycles. The lowest BCUT2D eigenvalue weighted by Crippen LogP contribution is -2.30. The summed E-state index contributed by atoms with van der Waals surface area (Å²) in [6.07, 6.45) is 3.43. The highest BCUT2D eigenvalue weighted by molar-refractivity contribution is 6.35. The van der Waals surface area contributed by atoms with Gasteiger partial charge < -0.3 is 15.8 Å². The fourth-order valence-electron chi connectivity index (χ4n) is 1.92. The van der Waals surface area contributed by atoms with Gasteiger partial charge in [0.25, 0.3) is 5.91 Å². The van der Waals surface area contributed by atoms with Crippen molar-refractivity contribution >= 4 is 53.2 Å². The van der Waals surface area contributed by atoms with Crippen LogP contribution in [0.1, 0.15) is 12.8 Å². The van der Waals surface area contributed by atoms with Gasteiger partial charge >= 0.3 is 0 Å². The third kappa shape index (κ3) is 6.39. The second-order valence-electron chi connectivity index (χ2n) is 4.58. The van der Waals surface area contributed by atoms with Gasteiger partial charge in [-0.1, -0.05) is 11.6 Å². The molecule has 5 nitrogen and oxygen atoms in total. The predicted molar refractivity (Wildman–Crippen MR) is 98.0 cm³/mol. The Morgan fingerprint density at radius 3 is 2.78 bits per heavy atom. The quantitative estimate of drug-likeness (QED) is 0.724. The SMILES string of the molecule is Cl.Cl.NCCCCNC(=O)COc1ccc(Cl)c2cccnc12. The van der Waals surface area contributed by atoms with Gasteiger partial charge in [-0.25, -0.2) is 0 Å². The van der Waals surface area contributed by atoms with Crippen LogP contribution in [-0.2, 0) is 4.79 Å². The van der Waals surface area contributed by atoms with Crippen molar-refractivity contribution in [1.29, 1.82) is 0 Å². The Balaban J connectivity index is 0.00000242. The maximum atomic E-state index is 11.7. The number of pyridine rings is 1. The summed E-state index contributed by atoms with van der Waals surface area (Å²) in [5.74, 6) is 0.387. The van der Waals surface area contributed by atoms with Gasteiger partial charge in [-0.2, -0.15) is 0 Å². The van der Waals surface area contributed by atoms with Crippen LogP contribution in [-0.4, -0.2) is 30.6 Å². The molecule has 23 heavy (non-hydrogen) atoms. The van der Waals surface area contributed by atoms with E-state index in [-0.39, 0.29) is 37.3 Å². The molecule has 2 aromatic rings. The summed E-state index contributed by atoms with van der Waals surface area (Å²) < 4.78 is 5.54. The summed E-state index contributed by atoms with van der Waals surface area (Å²) in [5.41, 5.74) is 6.04. The molecule has 0 radical (unpaired) electrons. The van der Waals surface area contributed by atoms with E-state index in [4.69, 9.17) is 22.1 Å². The summed E-state index contributed by atoms with van der Waals surface area (Å²) in [6, 6.07) is 7.13. The molecule has 0 fully saturated rings. The van der Waals surface area contributed by atoms with Gasteiger partial charge in [-0.15, -0.1) is 24.8 Å². The van der Waals surface area contributed by atoms with Crippen LogP contribution in [0.15, 0.2) is 30.5 Å². The lowest BCUT2D eigenvalue weighted by Gasteiger charge is -2.10. The van der Waals surface area contributed by atoms with Crippen LogP contribution in [0.3, 0.4) is 0 Å². The van der Waals surface area contributed by atoms with Gasteiger partial charge in [0.1, 0.15) is 11.3 Å². The number of benzene rings is 1. The van der Waals surface area contributed by atoms with Gasteiger partial charge in [0.15, 0.2) is 6.61 Å². The first kappa shape index (κ1) is 21.7. The van der Waals surface area contributed by atoms with Gasteiger partial charge in [0, 0.05) is 18.1 Å². The molecule has 0 bridgehead atoms. The first-order chi connectivity index (χ1) is 10.2. The molecule has 3 N–H and O–H groups in total. The molecular formula is C15H20Cl3N3O2. The van der Waals surface area contributed by atoms with Crippen molar-refractivity contribution in [1.82, 2.24) is 10.3 Å². The van der Waals surface area contributed by atoms with Gasteiger partial charge in [-0.3, -0.25) is 9.78 Å². The molecule has 0 atom stereocenters. The van der Waals surface area contributed by atoms with E-state index in [0.717, 1.165) is 18.2 Å². The lowest BCUT2D eigenvalue weighted by molar-refractivity contribution is -0.123. The molecule has 1 amide bonds. The number of halogens is 3. The molecule has 0 saturated heterocycles. The van der Waals surface area contributed by atoms with E-state index in [1.807, 2.05) is 12.1 Å². The smallest absolute Gasteiger partial charge is 0.257 e. The van der Waals surface area contributed by atoms with Crippen molar-refractivity contribution < 1.29 is 9.53 Å². The molecule has 0 aliphatic rings. The van der Waals surface area contributed by atoms with Crippen molar-refractivity contribution in [3.63, 3.8) is 0 Å². The molecule has 0 aliphatic carbocycles. The second kappa shape index (κ2) is 11.3. The zero-order valence-corrected chi connectivity index (χ0v) is 14.8. The van der Waals surface area contributed by atoms with Gasteiger partial charge in [0.2, 0.25) is 0 Å². The summed E-state index contributed by atoms with van der Waals surface area (Å²) in [6.45, 7) is 1.20. The number of hydrogen-bond donors (Lipinski definition) is 2. The van der Waals surface area contributed by atoms with E-state index in [9.17, 15) is 4.79 Å². The Morgan fingerprint density at radius 2 is 2.04 bits per heavy atom. The first-order valence-corrected chi connectivity index (χ1v) is 7.23. The van der Waals surface area contributed by atoms with Crippen molar-refractivity contribution in [2.75, 3.05) is 19.7 Å². The maximum Gasteiger partial charge on any atom is 0.257 e. The van der Waals surface area contributed by atoms with Crippen LogP contribution in [0.25, 0.3) is 10.9 Å². The van der Waals surface area contributed by atoms with Crippen LogP contribution in [0, 0.1) is 0 Å². The highest BCUT2D eigenvalue weighted by Crippen LogP contribution is 2.29. The Morgan fingerprint density at radius 1 is 1.26 bits per heavy atom. The molecule has 0 spiro atoms. The molecular weight excluding hydrogens is 361 g/mol. The minimum absolute atomic E-state index is 0. The Hall–Kier alpha value is -1.27. The number of fused-ring (bicyclic) bond motifs is 1. The maximum absolute atomic E-state index is 11.7. The third-order valence-corrected chi connectivity index (χ3v) is 3.32. The number of hydrogen-bond acceptors (Lipinski definition) is 4. The highest BCUT2D eigenvalue weighted by Gasteiger charge is 2.08. The van der Waals surface area contributed by atoms with E-state index in [1.54, 1.807) is 18.3 Å². The normalized spacial score (nSPS) is 9.65. The predicted octanol–water partition coefficient (Wildman–Crippen LogP) is 2.97. The van der Waals surface area contributed by atoms with E-state index in [0.29, 0.717) is 29.4 Å². The average Bonchev–Trinajstić information content (AvgIpc) is 2.51. The molecule has 0 aliphatic heterocycles. The average molecular weight is 381 g/mol. The fraction of sp³-hybridized carbons (Fsp3) is 0.333. The van der Waals surface area contributed by atoms with E-state index >= 15 is 0 Å². The minimum Gasteiger partial charge on any atom is -0.481 e. The minimum atomic E-state index is -0.161. The monoisotopic (exact) mass is 379 g/mol. The zero-order chi connectivity index (χ0) is 15.1.